The standard InChI is InChI=1S/C23H26N2O4/c1-3-28-22(27)16-8-6-7-15(13-16)19-11-10-17(29-19)14-24-25-21(26)20-18-9-4-5-12-23(18,20)2/h6-8,10-11,13-14,18,20H,3-5,9,12H2,1-2H3,(H,25,26)/b24-14-/t18-,20+,23-/m1/s1. The minimum atomic E-state index is -0.361. The van der Waals surface area contributed by atoms with Crippen LogP contribution in [0.2, 0.25) is 0 Å². The summed E-state index contributed by atoms with van der Waals surface area (Å²) in [5, 5.41) is 4.08. The average Bonchev–Trinajstić information content (AvgIpc) is 3.09. The van der Waals surface area contributed by atoms with E-state index in [-0.39, 0.29) is 23.2 Å². The van der Waals surface area contributed by atoms with Crippen molar-refractivity contribution in [1.29, 1.82) is 0 Å². The van der Waals surface area contributed by atoms with Crippen LogP contribution >= 0.6 is 0 Å². The summed E-state index contributed by atoms with van der Waals surface area (Å²) in [6.07, 6.45) is 6.22. The molecule has 2 aliphatic rings. The van der Waals surface area contributed by atoms with Crippen LogP contribution < -0.4 is 5.43 Å². The van der Waals surface area contributed by atoms with Crippen molar-refractivity contribution < 1.29 is 18.7 Å². The molecular weight excluding hydrogens is 368 g/mol. The zero-order chi connectivity index (χ0) is 20.4. The summed E-state index contributed by atoms with van der Waals surface area (Å²) in [7, 11) is 0. The van der Waals surface area contributed by atoms with E-state index in [4.69, 9.17) is 9.15 Å². The SMILES string of the molecule is CCOC(=O)c1cccc(-c2ccc(/C=N\NC(=O)[C@@H]3[C@H]4CCCC[C@]43C)o2)c1. The number of amides is 1. The van der Waals surface area contributed by atoms with Crippen molar-refractivity contribution in [2.75, 3.05) is 6.61 Å². The summed E-state index contributed by atoms with van der Waals surface area (Å²) >= 11 is 0. The molecule has 1 heterocycles. The van der Waals surface area contributed by atoms with Crippen molar-refractivity contribution in [3.05, 3.63) is 47.7 Å². The number of furan rings is 1. The van der Waals surface area contributed by atoms with Crippen molar-refractivity contribution in [3.63, 3.8) is 0 Å². The lowest BCUT2D eigenvalue weighted by Crippen LogP contribution is -2.22. The summed E-state index contributed by atoms with van der Waals surface area (Å²) in [6.45, 7) is 4.32. The monoisotopic (exact) mass is 394 g/mol. The molecule has 0 bridgehead atoms. The molecule has 2 aliphatic carbocycles. The number of nitrogens with zero attached hydrogens (tertiary/aromatic N) is 1. The average molecular weight is 394 g/mol. The molecule has 1 aromatic carbocycles. The second-order valence-corrected chi connectivity index (χ2v) is 8.07. The molecule has 29 heavy (non-hydrogen) atoms. The van der Waals surface area contributed by atoms with Gasteiger partial charge >= 0.3 is 5.97 Å². The van der Waals surface area contributed by atoms with E-state index in [1.165, 1.54) is 19.1 Å². The predicted octanol–water partition coefficient (Wildman–Crippen LogP) is 4.40. The van der Waals surface area contributed by atoms with Gasteiger partial charge in [-0.2, -0.15) is 5.10 Å². The molecule has 2 saturated carbocycles. The Morgan fingerprint density at radius 1 is 1.31 bits per heavy atom. The number of hydrogen-bond donors (Lipinski definition) is 1. The molecule has 0 spiro atoms. The Morgan fingerprint density at radius 3 is 2.93 bits per heavy atom. The van der Waals surface area contributed by atoms with Gasteiger partial charge in [0.15, 0.2) is 0 Å². The third-order valence-electron chi connectivity index (χ3n) is 6.27. The normalized spacial score (nSPS) is 25.4. The Morgan fingerprint density at radius 2 is 2.17 bits per heavy atom. The molecule has 152 valence electrons. The van der Waals surface area contributed by atoms with E-state index >= 15 is 0 Å². The van der Waals surface area contributed by atoms with Crippen molar-refractivity contribution in [2.24, 2.45) is 22.4 Å². The smallest absolute Gasteiger partial charge is 0.338 e. The predicted molar refractivity (Wildman–Crippen MR) is 109 cm³/mol. The minimum absolute atomic E-state index is 0.00423. The van der Waals surface area contributed by atoms with Gasteiger partial charge in [-0.15, -0.1) is 0 Å². The molecule has 4 rings (SSSR count). The van der Waals surface area contributed by atoms with Crippen LogP contribution in [0.5, 0.6) is 0 Å². The third-order valence-corrected chi connectivity index (χ3v) is 6.27. The highest BCUT2D eigenvalue weighted by Crippen LogP contribution is 2.66. The van der Waals surface area contributed by atoms with Crippen molar-refractivity contribution >= 4 is 18.1 Å². The van der Waals surface area contributed by atoms with Crippen LogP contribution in [0, 0.1) is 17.3 Å². The molecule has 2 aromatic rings. The summed E-state index contributed by atoms with van der Waals surface area (Å²) in [5.41, 5.74) is 4.08. The zero-order valence-electron chi connectivity index (χ0n) is 16.8. The number of nitrogens with one attached hydrogen (secondary N) is 1. The molecule has 0 radical (unpaired) electrons. The van der Waals surface area contributed by atoms with Crippen molar-refractivity contribution in [2.45, 2.75) is 39.5 Å². The van der Waals surface area contributed by atoms with E-state index in [2.05, 4.69) is 17.5 Å². The third kappa shape index (κ3) is 3.84. The van der Waals surface area contributed by atoms with E-state index in [9.17, 15) is 9.59 Å². The number of hydrazone groups is 1. The van der Waals surface area contributed by atoms with Gasteiger partial charge in [0.25, 0.3) is 0 Å². The largest absolute Gasteiger partial charge is 0.462 e. The lowest BCUT2D eigenvalue weighted by Gasteiger charge is -2.15. The first-order valence-electron chi connectivity index (χ1n) is 10.2. The fourth-order valence-electron chi connectivity index (χ4n) is 4.67. The van der Waals surface area contributed by atoms with Crippen molar-refractivity contribution in [1.82, 2.24) is 5.43 Å². The first kappa shape index (κ1) is 19.4. The molecule has 1 aromatic heterocycles. The maximum Gasteiger partial charge on any atom is 0.338 e. The topological polar surface area (TPSA) is 80.9 Å². The molecule has 3 atom stereocenters. The van der Waals surface area contributed by atoms with Gasteiger partial charge in [-0.25, -0.2) is 10.2 Å². The second-order valence-electron chi connectivity index (χ2n) is 8.07. The van der Waals surface area contributed by atoms with Crippen LogP contribution in [0.15, 0.2) is 45.9 Å². The minimum Gasteiger partial charge on any atom is -0.462 e. The van der Waals surface area contributed by atoms with E-state index in [1.807, 2.05) is 12.1 Å². The van der Waals surface area contributed by atoms with Crippen molar-refractivity contribution in [3.8, 4) is 11.3 Å². The van der Waals surface area contributed by atoms with Crippen LogP contribution in [-0.4, -0.2) is 24.7 Å². The Balaban J connectivity index is 1.38. The number of carbonyl (C=O) groups is 2. The fraction of sp³-hybridized carbons (Fsp3) is 0.435. The number of hydrogen-bond acceptors (Lipinski definition) is 5. The Bertz CT molecular complexity index is 948. The van der Waals surface area contributed by atoms with E-state index in [1.54, 1.807) is 31.2 Å². The van der Waals surface area contributed by atoms with Gasteiger partial charge in [0.1, 0.15) is 11.5 Å². The molecule has 0 aliphatic heterocycles. The first-order chi connectivity index (χ1) is 14.0. The highest BCUT2D eigenvalue weighted by atomic mass is 16.5. The molecule has 1 N–H and O–H groups in total. The number of rotatable bonds is 6. The van der Waals surface area contributed by atoms with E-state index < -0.39 is 0 Å². The number of benzene rings is 1. The number of esters is 1. The number of fused-ring (bicyclic) bond motifs is 1. The molecule has 0 unspecified atom stereocenters. The number of carbonyl (C=O) groups excluding carboxylic acids is 2. The van der Waals surface area contributed by atoms with Crippen LogP contribution in [0.1, 0.15) is 55.6 Å². The Kier molecular flexibility index (Phi) is 5.26. The summed E-state index contributed by atoms with van der Waals surface area (Å²) in [4.78, 5) is 24.3. The highest BCUT2D eigenvalue weighted by Gasteiger charge is 2.64. The quantitative estimate of drug-likeness (QED) is 0.447. The van der Waals surface area contributed by atoms with Crippen LogP contribution in [0.4, 0.5) is 0 Å². The van der Waals surface area contributed by atoms with Gasteiger partial charge < -0.3 is 9.15 Å². The van der Waals surface area contributed by atoms with Gasteiger partial charge in [-0.1, -0.05) is 31.9 Å². The zero-order valence-corrected chi connectivity index (χ0v) is 16.8. The first-order valence-corrected chi connectivity index (χ1v) is 10.2. The summed E-state index contributed by atoms with van der Waals surface area (Å²) in [6, 6.07) is 10.7. The van der Waals surface area contributed by atoms with Crippen LogP contribution in [-0.2, 0) is 9.53 Å². The molecule has 0 saturated heterocycles. The maximum atomic E-state index is 12.4. The summed E-state index contributed by atoms with van der Waals surface area (Å²) < 4.78 is 10.8. The van der Waals surface area contributed by atoms with Gasteiger partial charge in [0.2, 0.25) is 5.91 Å². The lowest BCUT2D eigenvalue weighted by molar-refractivity contribution is -0.123. The maximum absolute atomic E-state index is 12.4. The second kappa shape index (κ2) is 7.85. The van der Waals surface area contributed by atoms with E-state index in [0.29, 0.717) is 29.6 Å². The lowest BCUT2D eigenvalue weighted by atomic mass is 9.90. The van der Waals surface area contributed by atoms with Crippen LogP contribution in [0.25, 0.3) is 11.3 Å². The Hall–Kier alpha value is -2.89. The molecule has 1 amide bonds. The molecule has 6 heteroatoms. The molecule has 6 nitrogen and oxygen atoms in total. The van der Waals surface area contributed by atoms with Gasteiger partial charge in [-0.3, -0.25) is 4.79 Å². The van der Waals surface area contributed by atoms with Gasteiger partial charge in [0, 0.05) is 11.5 Å². The molecular formula is C23H26N2O4. The summed E-state index contributed by atoms with van der Waals surface area (Å²) in [5.74, 6) is 1.38. The van der Waals surface area contributed by atoms with E-state index in [0.717, 1.165) is 18.4 Å². The Labute approximate surface area is 170 Å². The van der Waals surface area contributed by atoms with Gasteiger partial charge in [0.05, 0.1) is 18.4 Å². The number of ether oxygens (including phenoxy) is 1. The highest BCUT2D eigenvalue weighted by molar-refractivity contribution is 5.91. The fourth-order valence-corrected chi connectivity index (χ4v) is 4.67. The van der Waals surface area contributed by atoms with Crippen LogP contribution in [0.3, 0.4) is 0 Å². The molecule has 2 fully saturated rings. The van der Waals surface area contributed by atoms with Gasteiger partial charge in [-0.05, 0) is 55.4 Å².